The number of hydrogen-bond donors (Lipinski definition) is 4. The molecule has 1 aromatic carbocycles. The molecular weight excluding hydrogens is 256 g/mol. The molecule has 112 valence electrons. The molecule has 0 unspecified atom stereocenters. The molecule has 0 bridgehead atoms. The maximum atomic E-state index is 10.5. The molecule has 1 amide bonds. The van der Waals surface area contributed by atoms with Crippen LogP contribution in [0.3, 0.4) is 0 Å². The van der Waals surface area contributed by atoms with Crippen LogP contribution in [0.2, 0.25) is 0 Å². The summed E-state index contributed by atoms with van der Waals surface area (Å²) in [5.41, 5.74) is 7.09. The molecule has 2 atom stereocenters. The fraction of sp³-hybridized carbons (Fsp3) is 0.500. The number of benzene rings is 1. The maximum Gasteiger partial charge on any atom is 0.404 e. The Morgan fingerprint density at radius 3 is 2.70 bits per heavy atom. The number of hydrogen-bond acceptors (Lipinski definition) is 4. The van der Waals surface area contributed by atoms with E-state index in [0.717, 1.165) is 19.5 Å². The van der Waals surface area contributed by atoms with Crippen molar-refractivity contribution in [1.82, 2.24) is 16.4 Å². The predicted molar refractivity (Wildman–Crippen MR) is 78.9 cm³/mol. The molecule has 1 aromatic rings. The van der Waals surface area contributed by atoms with E-state index in [0.29, 0.717) is 25.0 Å². The van der Waals surface area contributed by atoms with Crippen molar-refractivity contribution in [3.05, 3.63) is 35.9 Å². The third kappa shape index (κ3) is 4.48. The molecule has 2 rings (SSSR count). The first-order chi connectivity index (χ1) is 9.19. The number of nitrogens with one attached hydrogen (secondary N) is 1. The van der Waals surface area contributed by atoms with Crippen molar-refractivity contribution in [3.8, 4) is 0 Å². The lowest BCUT2D eigenvalue weighted by molar-refractivity contribution is 0.192. The lowest BCUT2D eigenvalue weighted by Crippen LogP contribution is -2.35. The van der Waals surface area contributed by atoms with Gasteiger partial charge in [0.2, 0.25) is 0 Å². The minimum Gasteiger partial charge on any atom is -0.465 e. The van der Waals surface area contributed by atoms with Crippen LogP contribution in [0.5, 0.6) is 0 Å². The second-order valence-corrected chi connectivity index (χ2v) is 5.09. The first-order valence-corrected chi connectivity index (χ1v) is 6.64. The van der Waals surface area contributed by atoms with E-state index >= 15 is 0 Å². The number of likely N-dealkylation sites (tertiary alicyclic amines) is 1. The Kier molecular flexibility index (Phi) is 6.44. The number of rotatable bonds is 5. The summed E-state index contributed by atoms with van der Waals surface area (Å²) < 4.78 is 0. The number of nitrogens with two attached hydrogens (primary N) is 1. The van der Waals surface area contributed by atoms with Gasteiger partial charge >= 0.3 is 6.09 Å². The highest BCUT2D eigenvalue weighted by atomic mass is 16.4. The van der Waals surface area contributed by atoms with E-state index in [-0.39, 0.29) is 6.15 Å². The van der Waals surface area contributed by atoms with E-state index in [1.54, 1.807) is 0 Å². The summed E-state index contributed by atoms with van der Waals surface area (Å²) in [4.78, 5) is 12.9. The van der Waals surface area contributed by atoms with Gasteiger partial charge in [0.1, 0.15) is 0 Å². The molecule has 1 fully saturated rings. The topological polar surface area (TPSA) is 114 Å². The van der Waals surface area contributed by atoms with Crippen molar-refractivity contribution in [1.29, 1.82) is 0 Å². The highest BCUT2D eigenvalue weighted by Crippen LogP contribution is 2.24. The highest BCUT2D eigenvalue weighted by molar-refractivity contribution is 5.64. The standard InChI is InChI=1S/C14H21N3O2.H3N/c15-7-13-6-12(8-16-14(18)19)10-17(13)9-11-4-2-1-3-5-11;/h1-5,12-13,16H,6-10,15H2,(H,18,19);1H3/t12-,13-;/m0./s1. The average Bonchev–Trinajstić information content (AvgIpc) is 2.80. The lowest BCUT2D eigenvalue weighted by Gasteiger charge is -2.23. The largest absolute Gasteiger partial charge is 0.465 e. The van der Waals surface area contributed by atoms with Gasteiger partial charge in [0.05, 0.1) is 0 Å². The molecule has 20 heavy (non-hydrogen) atoms. The van der Waals surface area contributed by atoms with Crippen molar-refractivity contribution < 1.29 is 9.90 Å². The molecule has 0 saturated carbocycles. The smallest absolute Gasteiger partial charge is 0.404 e. The minimum absolute atomic E-state index is 0. The van der Waals surface area contributed by atoms with Gasteiger partial charge in [-0.3, -0.25) is 4.90 Å². The number of carbonyl (C=O) groups is 1. The van der Waals surface area contributed by atoms with Crippen molar-refractivity contribution in [2.24, 2.45) is 11.7 Å². The number of carboxylic acid groups (broad SMARTS) is 1. The van der Waals surface area contributed by atoms with Gasteiger partial charge in [-0.25, -0.2) is 4.79 Å². The zero-order valence-electron chi connectivity index (χ0n) is 11.7. The van der Waals surface area contributed by atoms with Gasteiger partial charge in [-0.05, 0) is 17.9 Å². The fourth-order valence-electron chi connectivity index (χ4n) is 2.73. The molecule has 0 spiro atoms. The van der Waals surface area contributed by atoms with Crippen LogP contribution in [0.4, 0.5) is 4.79 Å². The zero-order chi connectivity index (χ0) is 13.7. The van der Waals surface area contributed by atoms with Gasteiger partial charge in [0.15, 0.2) is 0 Å². The first kappa shape index (κ1) is 16.4. The molecule has 0 radical (unpaired) electrons. The summed E-state index contributed by atoms with van der Waals surface area (Å²) in [5, 5.41) is 11.1. The molecule has 1 aliphatic heterocycles. The average molecular weight is 280 g/mol. The van der Waals surface area contributed by atoms with Gasteiger partial charge in [-0.15, -0.1) is 0 Å². The van der Waals surface area contributed by atoms with Gasteiger partial charge in [-0.2, -0.15) is 0 Å². The van der Waals surface area contributed by atoms with Gasteiger partial charge in [0, 0.05) is 32.2 Å². The summed E-state index contributed by atoms with van der Waals surface area (Å²) in [6.07, 6.45) is 0.00896. The molecule has 1 saturated heterocycles. The van der Waals surface area contributed by atoms with Crippen molar-refractivity contribution in [2.75, 3.05) is 19.6 Å². The fourth-order valence-corrected chi connectivity index (χ4v) is 2.73. The molecule has 0 aliphatic carbocycles. The van der Waals surface area contributed by atoms with E-state index in [9.17, 15) is 4.79 Å². The highest BCUT2D eigenvalue weighted by Gasteiger charge is 2.30. The Morgan fingerprint density at radius 2 is 2.10 bits per heavy atom. The van der Waals surface area contributed by atoms with Crippen LogP contribution in [-0.2, 0) is 6.54 Å². The van der Waals surface area contributed by atoms with Crippen LogP contribution >= 0.6 is 0 Å². The second kappa shape index (κ2) is 7.84. The third-order valence-electron chi connectivity index (χ3n) is 3.66. The second-order valence-electron chi connectivity index (χ2n) is 5.09. The van der Waals surface area contributed by atoms with E-state index in [2.05, 4.69) is 22.3 Å². The minimum atomic E-state index is -0.953. The Hall–Kier alpha value is -1.63. The van der Waals surface area contributed by atoms with Crippen LogP contribution in [0.1, 0.15) is 12.0 Å². The van der Waals surface area contributed by atoms with Gasteiger partial charge in [0.25, 0.3) is 0 Å². The van der Waals surface area contributed by atoms with Crippen LogP contribution < -0.4 is 17.2 Å². The molecule has 7 N–H and O–H groups in total. The summed E-state index contributed by atoms with van der Waals surface area (Å²) in [7, 11) is 0. The molecule has 0 aromatic heterocycles. The Balaban J connectivity index is 0.00000200. The van der Waals surface area contributed by atoms with Crippen LogP contribution in [0, 0.1) is 5.92 Å². The number of amides is 1. The SMILES string of the molecule is N.NC[C@@H]1C[C@@H](CNC(=O)O)CN1Cc1ccccc1. The van der Waals surface area contributed by atoms with E-state index < -0.39 is 6.09 Å². The van der Waals surface area contributed by atoms with Gasteiger partial charge < -0.3 is 22.3 Å². The lowest BCUT2D eigenvalue weighted by atomic mass is 10.1. The Labute approximate surface area is 119 Å². The Bertz CT molecular complexity index is 413. The van der Waals surface area contributed by atoms with Crippen molar-refractivity contribution in [3.63, 3.8) is 0 Å². The Morgan fingerprint density at radius 1 is 1.40 bits per heavy atom. The van der Waals surface area contributed by atoms with Crippen LogP contribution in [-0.4, -0.2) is 41.8 Å². The van der Waals surface area contributed by atoms with E-state index in [1.807, 2.05) is 18.2 Å². The van der Waals surface area contributed by atoms with Crippen LogP contribution in [0.15, 0.2) is 30.3 Å². The predicted octanol–water partition coefficient (Wildman–Crippen LogP) is 1.27. The van der Waals surface area contributed by atoms with Crippen molar-refractivity contribution >= 4 is 6.09 Å². The summed E-state index contributed by atoms with van der Waals surface area (Å²) in [5.74, 6) is 0.355. The zero-order valence-corrected chi connectivity index (χ0v) is 11.7. The monoisotopic (exact) mass is 280 g/mol. The normalized spacial score (nSPS) is 22.2. The summed E-state index contributed by atoms with van der Waals surface area (Å²) in [6, 6.07) is 10.6. The molecular formula is C14H24N4O2. The molecule has 1 heterocycles. The quantitative estimate of drug-likeness (QED) is 0.648. The van der Waals surface area contributed by atoms with Gasteiger partial charge in [-0.1, -0.05) is 30.3 Å². The number of nitrogens with zero attached hydrogens (tertiary/aromatic N) is 1. The molecule has 6 heteroatoms. The van der Waals surface area contributed by atoms with Crippen LogP contribution in [0.25, 0.3) is 0 Å². The third-order valence-corrected chi connectivity index (χ3v) is 3.66. The maximum absolute atomic E-state index is 10.5. The summed E-state index contributed by atoms with van der Waals surface area (Å²) >= 11 is 0. The summed E-state index contributed by atoms with van der Waals surface area (Å²) in [6.45, 7) is 2.91. The molecule has 1 aliphatic rings. The molecule has 6 nitrogen and oxygen atoms in total. The first-order valence-electron chi connectivity index (χ1n) is 6.64. The van der Waals surface area contributed by atoms with Crippen molar-refractivity contribution in [2.45, 2.75) is 19.0 Å². The van der Waals surface area contributed by atoms with E-state index in [1.165, 1.54) is 5.56 Å². The van der Waals surface area contributed by atoms with E-state index in [4.69, 9.17) is 10.8 Å².